The number of benzene rings is 8. The molecule has 0 spiro atoms. The van der Waals surface area contributed by atoms with Gasteiger partial charge in [-0.15, -0.1) is 0 Å². The zero-order chi connectivity index (χ0) is 42.5. The molecule has 0 bridgehead atoms. The number of hydrogen-bond donors (Lipinski definition) is 0. The molecular formula is C59H40N4O. The molecule has 0 N–H and O–H groups in total. The van der Waals surface area contributed by atoms with E-state index in [1.165, 1.54) is 33.2 Å². The SMILES string of the molecule is Cc1ccccc1-c1nc2c3cc(Oc4ccc5c(c4)-n4c6ncccc6c6cccc(c64)C5(c4ccccc4)c4ccccc4)ccc3c3ccccc3n2c1-c1ccccc1C. The highest BCUT2D eigenvalue weighted by molar-refractivity contribution is 6.14. The number of aryl methyl sites for hydroxylation is 2. The summed E-state index contributed by atoms with van der Waals surface area (Å²) in [6, 6.07) is 71.7. The molecule has 5 heterocycles. The molecule has 302 valence electrons. The monoisotopic (exact) mass is 820 g/mol. The van der Waals surface area contributed by atoms with E-state index in [-0.39, 0.29) is 0 Å². The largest absolute Gasteiger partial charge is 0.457 e. The maximum atomic E-state index is 7.04. The lowest BCUT2D eigenvalue weighted by Gasteiger charge is -2.41. The van der Waals surface area contributed by atoms with E-state index in [2.05, 4.69) is 217 Å². The van der Waals surface area contributed by atoms with Crippen molar-refractivity contribution in [1.29, 1.82) is 0 Å². The molecule has 0 saturated carbocycles. The minimum atomic E-state index is -0.611. The topological polar surface area (TPSA) is 44.3 Å². The molecule has 5 heteroatoms. The standard InChI is InChI=1S/C59H40N4O/c1-37-17-9-11-23-43(37)54-56(44-24-12-10-18-38(44)2)62-52-29-14-13-25-46(52)45-32-30-41(35-49(45)58(62)61-54)64-42-31-33-50-53(36-42)63-55-47(48-27-16-34-60-57(48)63)26-15-28-51(55)59(50,39-19-5-3-6-20-39)40-21-7-4-8-22-40/h3-36H,1-2H3. The first-order chi connectivity index (χ1) is 31.6. The minimum Gasteiger partial charge on any atom is -0.457 e. The molecule has 4 aromatic heterocycles. The van der Waals surface area contributed by atoms with Crippen molar-refractivity contribution in [1.82, 2.24) is 18.9 Å². The summed E-state index contributed by atoms with van der Waals surface area (Å²) in [6.07, 6.45) is 1.89. The van der Waals surface area contributed by atoms with Gasteiger partial charge in [0.2, 0.25) is 0 Å². The summed E-state index contributed by atoms with van der Waals surface area (Å²) in [7, 11) is 0. The van der Waals surface area contributed by atoms with Crippen LogP contribution in [0.3, 0.4) is 0 Å². The van der Waals surface area contributed by atoms with E-state index < -0.39 is 5.41 Å². The Bertz CT molecular complexity index is 3800. The first-order valence-electron chi connectivity index (χ1n) is 21.9. The minimum absolute atomic E-state index is 0.611. The van der Waals surface area contributed by atoms with Crippen LogP contribution in [0.5, 0.6) is 11.5 Å². The predicted molar refractivity (Wildman–Crippen MR) is 261 cm³/mol. The number of hydrogen-bond acceptors (Lipinski definition) is 3. The predicted octanol–water partition coefficient (Wildman–Crippen LogP) is 14.6. The summed E-state index contributed by atoms with van der Waals surface area (Å²) < 4.78 is 11.8. The van der Waals surface area contributed by atoms with Crippen molar-refractivity contribution < 1.29 is 4.74 Å². The van der Waals surface area contributed by atoms with E-state index in [1.54, 1.807) is 0 Å². The highest BCUT2D eigenvalue weighted by atomic mass is 16.5. The summed E-state index contributed by atoms with van der Waals surface area (Å²) in [4.78, 5) is 10.6. The lowest BCUT2D eigenvalue weighted by Crippen LogP contribution is -2.35. The second-order valence-electron chi connectivity index (χ2n) is 17.0. The van der Waals surface area contributed by atoms with Crippen molar-refractivity contribution in [3.8, 4) is 39.7 Å². The van der Waals surface area contributed by atoms with Crippen LogP contribution in [0.1, 0.15) is 33.4 Å². The zero-order valence-corrected chi connectivity index (χ0v) is 35.3. The van der Waals surface area contributed by atoms with E-state index in [1.807, 2.05) is 12.3 Å². The van der Waals surface area contributed by atoms with Crippen LogP contribution in [-0.2, 0) is 5.41 Å². The molecule has 0 fully saturated rings. The van der Waals surface area contributed by atoms with Crippen LogP contribution >= 0.6 is 0 Å². The lowest BCUT2D eigenvalue weighted by atomic mass is 9.63. The van der Waals surface area contributed by atoms with Crippen LogP contribution in [0.25, 0.3) is 77.5 Å². The van der Waals surface area contributed by atoms with Gasteiger partial charge in [-0.25, -0.2) is 9.97 Å². The average Bonchev–Trinajstić information content (AvgIpc) is 3.91. The highest BCUT2D eigenvalue weighted by Gasteiger charge is 2.45. The quantitative estimate of drug-likeness (QED) is 0.157. The number of fused-ring (bicyclic) bond motifs is 11. The van der Waals surface area contributed by atoms with E-state index >= 15 is 0 Å². The summed E-state index contributed by atoms with van der Waals surface area (Å²) in [5.41, 5.74) is 16.0. The number of aromatic nitrogens is 4. The van der Waals surface area contributed by atoms with E-state index in [0.29, 0.717) is 0 Å². The molecule has 13 rings (SSSR count). The summed E-state index contributed by atoms with van der Waals surface area (Å²) in [5.74, 6) is 1.47. The van der Waals surface area contributed by atoms with Crippen LogP contribution in [-0.4, -0.2) is 18.9 Å². The second kappa shape index (κ2) is 13.9. The van der Waals surface area contributed by atoms with E-state index in [4.69, 9.17) is 14.7 Å². The van der Waals surface area contributed by atoms with Gasteiger partial charge in [0.15, 0.2) is 0 Å². The highest BCUT2D eigenvalue weighted by Crippen LogP contribution is 2.55. The Labute approximate surface area is 370 Å². The summed E-state index contributed by atoms with van der Waals surface area (Å²) >= 11 is 0. The Morgan fingerprint density at radius 2 is 1.11 bits per heavy atom. The molecular weight excluding hydrogens is 781 g/mol. The number of para-hydroxylation sites is 2. The Balaban J connectivity index is 1.06. The van der Waals surface area contributed by atoms with Crippen LogP contribution < -0.4 is 4.74 Å². The van der Waals surface area contributed by atoms with Gasteiger partial charge in [0.1, 0.15) is 22.8 Å². The van der Waals surface area contributed by atoms with Gasteiger partial charge in [0.25, 0.3) is 0 Å². The van der Waals surface area contributed by atoms with Crippen LogP contribution in [0, 0.1) is 13.8 Å². The molecule has 0 atom stereocenters. The number of rotatable bonds is 6. The maximum Gasteiger partial charge on any atom is 0.146 e. The lowest BCUT2D eigenvalue weighted by molar-refractivity contribution is 0.482. The number of nitrogens with zero attached hydrogens (tertiary/aromatic N) is 4. The van der Waals surface area contributed by atoms with E-state index in [9.17, 15) is 0 Å². The third-order valence-electron chi connectivity index (χ3n) is 13.6. The Morgan fingerprint density at radius 1 is 0.469 bits per heavy atom. The molecule has 0 unspecified atom stereocenters. The molecule has 0 radical (unpaired) electrons. The zero-order valence-electron chi connectivity index (χ0n) is 35.3. The molecule has 0 saturated heterocycles. The van der Waals surface area contributed by atoms with Gasteiger partial charge < -0.3 is 4.74 Å². The fraction of sp³-hybridized carbons (Fsp3) is 0.0508. The molecule has 1 aliphatic heterocycles. The van der Waals surface area contributed by atoms with Crippen LogP contribution in [0.15, 0.2) is 206 Å². The van der Waals surface area contributed by atoms with E-state index in [0.717, 1.165) is 89.1 Å². The van der Waals surface area contributed by atoms with Crippen molar-refractivity contribution in [2.24, 2.45) is 0 Å². The van der Waals surface area contributed by atoms with Crippen molar-refractivity contribution in [2.45, 2.75) is 19.3 Å². The molecule has 1 aliphatic rings. The van der Waals surface area contributed by atoms with Gasteiger partial charge in [0, 0.05) is 44.9 Å². The van der Waals surface area contributed by atoms with Gasteiger partial charge in [-0.05, 0) is 95.1 Å². The van der Waals surface area contributed by atoms with Crippen molar-refractivity contribution in [3.05, 3.63) is 240 Å². The molecule has 8 aromatic carbocycles. The van der Waals surface area contributed by atoms with Gasteiger partial charge in [-0.1, -0.05) is 152 Å². The fourth-order valence-corrected chi connectivity index (χ4v) is 10.8. The van der Waals surface area contributed by atoms with Gasteiger partial charge in [-0.2, -0.15) is 0 Å². The number of imidazole rings is 1. The van der Waals surface area contributed by atoms with Gasteiger partial charge >= 0.3 is 0 Å². The first kappa shape index (κ1) is 36.4. The Hall–Kier alpha value is -8.28. The average molecular weight is 821 g/mol. The molecule has 0 aliphatic carbocycles. The molecule has 64 heavy (non-hydrogen) atoms. The van der Waals surface area contributed by atoms with Gasteiger partial charge in [-0.3, -0.25) is 8.97 Å². The summed E-state index contributed by atoms with van der Waals surface area (Å²) in [5, 5.41) is 5.59. The number of ether oxygens (including phenoxy) is 1. The van der Waals surface area contributed by atoms with Crippen molar-refractivity contribution in [2.75, 3.05) is 0 Å². The van der Waals surface area contributed by atoms with Crippen LogP contribution in [0.4, 0.5) is 0 Å². The third-order valence-corrected chi connectivity index (χ3v) is 13.6. The molecule has 5 nitrogen and oxygen atoms in total. The maximum absolute atomic E-state index is 7.04. The first-order valence-corrected chi connectivity index (χ1v) is 21.9. The van der Waals surface area contributed by atoms with Crippen molar-refractivity contribution in [3.63, 3.8) is 0 Å². The molecule has 0 amide bonds. The fourth-order valence-electron chi connectivity index (χ4n) is 10.8. The van der Waals surface area contributed by atoms with Gasteiger partial charge in [0.05, 0.1) is 33.5 Å². The molecule has 12 aromatic rings. The normalized spacial score (nSPS) is 13.0. The Kier molecular flexibility index (Phi) is 7.88. The number of pyridine rings is 2. The smallest absolute Gasteiger partial charge is 0.146 e. The summed E-state index contributed by atoms with van der Waals surface area (Å²) in [6.45, 7) is 4.35. The van der Waals surface area contributed by atoms with Crippen LogP contribution in [0.2, 0.25) is 0 Å². The van der Waals surface area contributed by atoms with Crippen molar-refractivity contribution >= 4 is 49.3 Å². The second-order valence-corrected chi connectivity index (χ2v) is 17.0. The third kappa shape index (κ3) is 5.06. The Morgan fingerprint density at radius 3 is 1.88 bits per heavy atom.